The summed E-state index contributed by atoms with van der Waals surface area (Å²) < 4.78 is 0. The van der Waals surface area contributed by atoms with E-state index in [-0.39, 0.29) is 10.8 Å². The van der Waals surface area contributed by atoms with Crippen LogP contribution in [0.2, 0.25) is 0 Å². The lowest BCUT2D eigenvalue weighted by molar-refractivity contribution is 0.414. The van der Waals surface area contributed by atoms with Crippen LogP contribution in [0.5, 0.6) is 0 Å². The molecule has 0 heterocycles. The molecule has 0 aliphatic heterocycles. The third-order valence-corrected chi connectivity index (χ3v) is 14.7. The van der Waals surface area contributed by atoms with Gasteiger partial charge in [0, 0.05) is 33.1 Å². The molecular weight excluding hydrogens is 745 g/mol. The first kappa shape index (κ1) is 40.0. The summed E-state index contributed by atoms with van der Waals surface area (Å²) >= 11 is 0. The Kier molecular flexibility index (Phi) is 10.7. The molecule has 2 aliphatic rings. The van der Waals surface area contributed by atoms with Crippen LogP contribution in [0.25, 0.3) is 54.6 Å². The number of hydrogen-bond donors (Lipinski definition) is 0. The van der Waals surface area contributed by atoms with Gasteiger partial charge in [-0.05, 0) is 139 Å². The second-order valence-corrected chi connectivity index (χ2v) is 18.3. The highest BCUT2D eigenvalue weighted by Crippen LogP contribution is 2.55. The van der Waals surface area contributed by atoms with E-state index in [0.717, 1.165) is 22.3 Å². The van der Waals surface area contributed by atoms with Crippen LogP contribution in [0.3, 0.4) is 0 Å². The summed E-state index contributed by atoms with van der Waals surface area (Å²) in [7, 11) is 0. The van der Waals surface area contributed by atoms with Crippen LogP contribution < -0.4 is 0 Å². The lowest BCUT2D eigenvalue weighted by Crippen LogP contribution is -2.25. The largest absolute Gasteiger partial charge is 0.0654 e. The van der Waals surface area contributed by atoms with E-state index >= 15 is 0 Å². The predicted molar refractivity (Wildman–Crippen MR) is 266 cm³/mol. The Morgan fingerprint density at radius 1 is 0.355 bits per heavy atom. The fourth-order valence-corrected chi connectivity index (χ4v) is 11.6. The van der Waals surface area contributed by atoms with Gasteiger partial charge in [0.2, 0.25) is 0 Å². The topological polar surface area (TPSA) is 0 Å². The van der Waals surface area contributed by atoms with Crippen molar-refractivity contribution in [1.29, 1.82) is 0 Å². The standard InChI is InChI=1S/C62H58/c1-5-9-37-61(38-10-6-2)55-19-15-13-17-51(55)53-33-23-43(41-57(53)61)21-25-45-27-29-47-32-36-50-46(28-30-48-31-35-49(45)59(47)60(48)50)26-22-44-24-34-54-52-18-14-16-20-56(52)62(39-11-7-3,40-12-8-4)58(54)42-44/h13-20,23-24,27-36,41-42H,5-12,37-40H2,1-4H3. The molecule has 306 valence electrons. The maximum absolute atomic E-state index is 3.68. The average Bonchev–Trinajstić information content (AvgIpc) is 3.75. The summed E-state index contributed by atoms with van der Waals surface area (Å²) in [5.74, 6) is 14.7. The molecule has 0 atom stereocenters. The Hall–Kier alpha value is -6.08. The summed E-state index contributed by atoms with van der Waals surface area (Å²) in [6.45, 7) is 9.29. The van der Waals surface area contributed by atoms with Crippen molar-refractivity contribution in [2.75, 3.05) is 0 Å². The van der Waals surface area contributed by atoms with Crippen LogP contribution in [0.1, 0.15) is 149 Å². The molecule has 0 radical (unpaired) electrons. The van der Waals surface area contributed by atoms with Gasteiger partial charge in [0.05, 0.1) is 0 Å². The van der Waals surface area contributed by atoms with Crippen LogP contribution in [0.15, 0.2) is 133 Å². The fourth-order valence-electron chi connectivity index (χ4n) is 11.6. The molecule has 0 aromatic heterocycles. The first-order valence-corrected chi connectivity index (χ1v) is 23.8. The van der Waals surface area contributed by atoms with Crippen molar-refractivity contribution < 1.29 is 0 Å². The first-order valence-electron chi connectivity index (χ1n) is 23.8. The quantitative estimate of drug-likeness (QED) is 0.0853. The Morgan fingerprint density at radius 2 is 0.726 bits per heavy atom. The molecule has 0 N–H and O–H groups in total. The molecule has 0 saturated heterocycles. The molecular formula is C62H58. The number of benzene rings is 8. The van der Waals surface area contributed by atoms with Crippen LogP contribution in [0.4, 0.5) is 0 Å². The minimum absolute atomic E-state index is 0.0590. The van der Waals surface area contributed by atoms with Crippen molar-refractivity contribution in [3.63, 3.8) is 0 Å². The zero-order chi connectivity index (χ0) is 42.3. The Morgan fingerprint density at radius 3 is 1.13 bits per heavy atom. The highest BCUT2D eigenvalue weighted by atomic mass is 14.5. The van der Waals surface area contributed by atoms with Gasteiger partial charge < -0.3 is 0 Å². The molecule has 62 heavy (non-hydrogen) atoms. The van der Waals surface area contributed by atoms with Crippen LogP contribution in [0, 0.1) is 23.7 Å². The van der Waals surface area contributed by atoms with E-state index in [9.17, 15) is 0 Å². The van der Waals surface area contributed by atoms with Crippen molar-refractivity contribution in [2.24, 2.45) is 0 Å². The van der Waals surface area contributed by atoms with E-state index in [4.69, 9.17) is 0 Å². The normalized spacial score (nSPS) is 13.9. The third-order valence-electron chi connectivity index (χ3n) is 14.7. The van der Waals surface area contributed by atoms with Gasteiger partial charge in [0.25, 0.3) is 0 Å². The van der Waals surface area contributed by atoms with Gasteiger partial charge in [-0.3, -0.25) is 0 Å². The molecule has 10 rings (SSSR count). The second kappa shape index (κ2) is 16.7. The van der Waals surface area contributed by atoms with E-state index in [1.165, 1.54) is 154 Å². The Bertz CT molecular complexity index is 2870. The minimum Gasteiger partial charge on any atom is -0.0654 e. The molecule has 0 unspecified atom stereocenters. The van der Waals surface area contributed by atoms with Gasteiger partial charge in [-0.25, -0.2) is 0 Å². The van der Waals surface area contributed by atoms with Gasteiger partial charge in [-0.2, -0.15) is 0 Å². The van der Waals surface area contributed by atoms with Crippen molar-refractivity contribution in [1.82, 2.24) is 0 Å². The fraction of sp³-hybridized carbons (Fsp3) is 0.290. The summed E-state index contributed by atoms with van der Waals surface area (Å²) in [5, 5.41) is 7.47. The van der Waals surface area contributed by atoms with Crippen molar-refractivity contribution in [2.45, 2.75) is 116 Å². The molecule has 0 fully saturated rings. The monoisotopic (exact) mass is 802 g/mol. The molecule has 0 nitrogen and oxygen atoms in total. The van der Waals surface area contributed by atoms with E-state index in [1.807, 2.05) is 0 Å². The summed E-state index contributed by atoms with van der Waals surface area (Å²) in [6, 6.07) is 50.5. The lowest BCUT2D eigenvalue weighted by atomic mass is 9.70. The van der Waals surface area contributed by atoms with Gasteiger partial charge in [0.1, 0.15) is 0 Å². The first-order chi connectivity index (χ1) is 30.5. The van der Waals surface area contributed by atoms with Crippen molar-refractivity contribution >= 4 is 32.3 Å². The van der Waals surface area contributed by atoms with Crippen LogP contribution in [-0.2, 0) is 10.8 Å². The highest BCUT2D eigenvalue weighted by molar-refractivity contribution is 6.24. The van der Waals surface area contributed by atoms with Gasteiger partial charge in [-0.15, -0.1) is 0 Å². The van der Waals surface area contributed by atoms with Crippen molar-refractivity contribution in [3.8, 4) is 45.9 Å². The average molecular weight is 803 g/mol. The molecule has 8 aromatic carbocycles. The maximum Gasteiger partial charge on any atom is 0.0328 e. The molecule has 0 bridgehead atoms. The maximum atomic E-state index is 3.68. The third kappa shape index (κ3) is 6.54. The summed E-state index contributed by atoms with van der Waals surface area (Å²) in [6.07, 6.45) is 14.5. The molecule has 8 aromatic rings. The lowest BCUT2D eigenvalue weighted by Gasteiger charge is -2.32. The smallest absolute Gasteiger partial charge is 0.0328 e. The summed E-state index contributed by atoms with van der Waals surface area (Å²) in [5.41, 5.74) is 16.1. The molecule has 0 heteroatoms. The van der Waals surface area contributed by atoms with Gasteiger partial charge in [-0.1, -0.05) is 200 Å². The number of rotatable bonds is 12. The SMILES string of the molecule is CCCCC1(CCCC)c2ccccc2-c2ccc(C#Cc3ccc4ccc5c(C#Cc6ccc7c(c6)C(CCCC)(CCCC)c6ccccc6-7)ccc6ccc3c4c65)cc21. The van der Waals surface area contributed by atoms with E-state index in [1.54, 1.807) is 0 Å². The number of unbranched alkanes of at least 4 members (excludes halogenated alkanes) is 4. The predicted octanol–water partition coefficient (Wildman–Crippen LogP) is 16.7. The molecule has 0 amide bonds. The second-order valence-electron chi connectivity index (χ2n) is 18.3. The van der Waals surface area contributed by atoms with Gasteiger partial charge >= 0.3 is 0 Å². The summed E-state index contributed by atoms with van der Waals surface area (Å²) in [4.78, 5) is 0. The van der Waals surface area contributed by atoms with Crippen LogP contribution in [-0.4, -0.2) is 0 Å². The molecule has 0 spiro atoms. The van der Waals surface area contributed by atoms with Crippen molar-refractivity contribution in [3.05, 3.63) is 178 Å². The van der Waals surface area contributed by atoms with E-state index in [0.29, 0.717) is 0 Å². The minimum atomic E-state index is 0.0590. The van der Waals surface area contributed by atoms with E-state index < -0.39 is 0 Å². The number of hydrogen-bond acceptors (Lipinski definition) is 0. The zero-order valence-corrected chi connectivity index (χ0v) is 37.2. The van der Waals surface area contributed by atoms with Crippen LogP contribution >= 0.6 is 0 Å². The van der Waals surface area contributed by atoms with Gasteiger partial charge in [0.15, 0.2) is 0 Å². The van der Waals surface area contributed by atoms with E-state index in [2.05, 4.69) is 185 Å². The molecule has 2 aliphatic carbocycles. The Labute approximate surface area is 370 Å². The number of fused-ring (bicyclic) bond motifs is 6. The zero-order valence-electron chi connectivity index (χ0n) is 37.2. The Balaban J connectivity index is 1.03. The molecule has 0 saturated carbocycles. The highest BCUT2D eigenvalue weighted by Gasteiger charge is 2.43.